The molecule has 1 aliphatic heterocycles. The molecule has 0 saturated carbocycles. The van der Waals surface area contributed by atoms with Gasteiger partial charge in [-0.3, -0.25) is 0 Å². The summed E-state index contributed by atoms with van der Waals surface area (Å²) >= 11 is 0. The molecule has 1 rings (SSSR count). The summed E-state index contributed by atoms with van der Waals surface area (Å²) in [5.41, 5.74) is -0.622. The van der Waals surface area contributed by atoms with Crippen molar-refractivity contribution in [2.24, 2.45) is 0 Å². The van der Waals surface area contributed by atoms with Gasteiger partial charge in [0.05, 0.1) is 17.8 Å². The Hall–Kier alpha value is -0.160. The predicted molar refractivity (Wildman–Crippen MR) is 65.6 cm³/mol. The first kappa shape index (κ1) is 13.9. The van der Waals surface area contributed by atoms with Crippen LogP contribution in [0.3, 0.4) is 0 Å². The number of ether oxygens (including phenoxy) is 1. The lowest BCUT2D eigenvalue weighted by molar-refractivity contribution is -0.0231. The van der Waals surface area contributed by atoms with Crippen LogP contribution in [-0.4, -0.2) is 61.0 Å². The minimum Gasteiger partial charge on any atom is -0.387 e. The monoisotopic (exact) mass is 230 g/mol. The van der Waals surface area contributed by atoms with E-state index in [9.17, 15) is 5.11 Å². The third kappa shape index (κ3) is 5.25. The number of likely N-dealkylation sites (N-methyl/N-ethyl adjacent to an activating group) is 1. The zero-order chi connectivity index (χ0) is 12.2. The Balaban J connectivity index is 2.18. The molecule has 1 heterocycles. The Morgan fingerprint density at radius 3 is 2.62 bits per heavy atom. The number of nitrogens with one attached hydrogen (secondary N) is 1. The fraction of sp³-hybridized carbons (Fsp3) is 1.00. The maximum Gasteiger partial charge on any atom is 0.0909 e. The molecule has 0 radical (unpaired) electrons. The average molecular weight is 230 g/mol. The van der Waals surface area contributed by atoms with Crippen molar-refractivity contribution in [3.8, 4) is 0 Å². The highest BCUT2D eigenvalue weighted by Gasteiger charge is 2.31. The van der Waals surface area contributed by atoms with Crippen LogP contribution in [0.2, 0.25) is 0 Å². The highest BCUT2D eigenvalue weighted by molar-refractivity contribution is 4.89. The first-order valence-electron chi connectivity index (χ1n) is 6.06. The molecule has 2 N–H and O–H groups in total. The van der Waals surface area contributed by atoms with Crippen molar-refractivity contribution in [2.45, 2.75) is 38.4 Å². The first-order chi connectivity index (χ1) is 7.31. The van der Waals surface area contributed by atoms with Crippen LogP contribution >= 0.6 is 0 Å². The highest BCUT2D eigenvalue weighted by atomic mass is 16.5. The molecule has 4 nitrogen and oxygen atoms in total. The van der Waals surface area contributed by atoms with Gasteiger partial charge in [0.2, 0.25) is 0 Å². The number of nitrogens with zero attached hydrogens (tertiary/aromatic N) is 1. The summed E-state index contributed by atoms with van der Waals surface area (Å²) in [6.45, 7) is 10.1. The van der Waals surface area contributed by atoms with Gasteiger partial charge in [-0.25, -0.2) is 0 Å². The van der Waals surface area contributed by atoms with Crippen molar-refractivity contribution in [1.82, 2.24) is 10.2 Å². The molecule has 1 aliphatic rings. The fourth-order valence-electron chi connectivity index (χ4n) is 1.95. The van der Waals surface area contributed by atoms with Crippen LogP contribution in [0, 0.1) is 0 Å². The molecule has 0 aliphatic carbocycles. The summed E-state index contributed by atoms with van der Waals surface area (Å²) in [7, 11) is 2.03. The second-order valence-corrected chi connectivity index (χ2v) is 5.85. The zero-order valence-electron chi connectivity index (χ0n) is 11.0. The zero-order valence-corrected chi connectivity index (χ0v) is 11.0. The molecule has 1 unspecified atom stereocenters. The lowest BCUT2D eigenvalue weighted by Gasteiger charge is -2.29. The van der Waals surface area contributed by atoms with Crippen LogP contribution in [0.15, 0.2) is 0 Å². The molecule has 0 amide bonds. The number of rotatable bonds is 5. The van der Waals surface area contributed by atoms with E-state index in [2.05, 4.69) is 31.0 Å². The summed E-state index contributed by atoms with van der Waals surface area (Å²) in [6.07, 6.45) is 0.845. The number of hydrogen-bond acceptors (Lipinski definition) is 4. The highest BCUT2D eigenvalue weighted by Crippen LogP contribution is 2.15. The van der Waals surface area contributed by atoms with Crippen LogP contribution in [0.5, 0.6) is 0 Å². The predicted octanol–water partition coefficient (Wildman–Crippen LogP) is 0.458. The van der Waals surface area contributed by atoms with Gasteiger partial charge in [-0.2, -0.15) is 0 Å². The molecule has 0 aromatic rings. The minimum atomic E-state index is -0.545. The maximum atomic E-state index is 10.2. The molecular weight excluding hydrogens is 204 g/mol. The van der Waals surface area contributed by atoms with Crippen molar-refractivity contribution in [1.29, 1.82) is 0 Å². The molecule has 0 bridgehead atoms. The standard InChI is InChI=1S/C12H26N2O2/c1-11(2,3)16-8-7-14(4)10-12(15)5-6-13-9-12/h13,15H,5-10H2,1-4H3. The van der Waals surface area contributed by atoms with Crippen molar-refractivity contribution in [3.05, 3.63) is 0 Å². The van der Waals surface area contributed by atoms with Gasteiger partial charge in [-0.05, 0) is 40.8 Å². The molecule has 4 heteroatoms. The summed E-state index contributed by atoms with van der Waals surface area (Å²) in [5, 5.41) is 13.4. The summed E-state index contributed by atoms with van der Waals surface area (Å²) < 4.78 is 5.66. The number of aliphatic hydroxyl groups is 1. The van der Waals surface area contributed by atoms with Crippen LogP contribution in [0.1, 0.15) is 27.2 Å². The van der Waals surface area contributed by atoms with E-state index in [-0.39, 0.29) is 5.60 Å². The van der Waals surface area contributed by atoms with Gasteiger partial charge < -0.3 is 20.1 Å². The Kier molecular flexibility index (Phi) is 4.73. The van der Waals surface area contributed by atoms with Crippen molar-refractivity contribution >= 4 is 0 Å². The lowest BCUT2D eigenvalue weighted by atomic mass is 10.0. The summed E-state index contributed by atoms with van der Waals surface area (Å²) in [6, 6.07) is 0. The van der Waals surface area contributed by atoms with Crippen LogP contribution in [0.4, 0.5) is 0 Å². The SMILES string of the molecule is CN(CCOC(C)(C)C)CC1(O)CCNC1. The van der Waals surface area contributed by atoms with E-state index in [1.54, 1.807) is 0 Å². The minimum absolute atomic E-state index is 0.0767. The molecule has 1 saturated heterocycles. The molecule has 0 spiro atoms. The van der Waals surface area contributed by atoms with E-state index in [1.807, 2.05) is 7.05 Å². The maximum absolute atomic E-state index is 10.2. The third-order valence-electron chi connectivity index (χ3n) is 2.79. The van der Waals surface area contributed by atoms with E-state index >= 15 is 0 Å². The molecule has 96 valence electrons. The van der Waals surface area contributed by atoms with Gasteiger partial charge in [0.1, 0.15) is 0 Å². The number of hydrogen-bond donors (Lipinski definition) is 2. The smallest absolute Gasteiger partial charge is 0.0909 e. The van der Waals surface area contributed by atoms with Crippen LogP contribution < -0.4 is 5.32 Å². The molecule has 1 fully saturated rings. The van der Waals surface area contributed by atoms with E-state index in [4.69, 9.17) is 4.74 Å². The molecule has 0 aromatic heterocycles. The van der Waals surface area contributed by atoms with E-state index < -0.39 is 5.60 Å². The van der Waals surface area contributed by atoms with Crippen LogP contribution in [0.25, 0.3) is 0 Å². The van der Waals surface area contributed by atoms with Gasteiger partial charge in [-0.1, -0.05) is 0 Å². The van der Waals surface area contributed by atoms with Gasteiger partial charge >= 0.3 is 0 Å². The largest absolute Gasteiger partial charge is 0.387 e. The molecule has 1 atom stereocenters. The van der Waals surface area contributed by atoms with E-state index in [1.165, 1.54) is 0 Å². The van der Waals surface area contributed by atoms with Crippen molar-refractivity contribution in [2.75, 3.05) is 39.8 Å². The third-order valence-corrected chi connectivity index (χ3v) is 2.79. The van der Waals surface area contributed by atoms with E-state index in [0.29, 0.717) is 19.7 Å². The van der Waals surface area contributed by atoms with Gasteiger partial charge in [0, 0.05) is 19.6 Å². The normalized spacial score (nSPS) is 26.6. The second kappa shape index (κ2) is 5.45. The average Bonchev–Trinajstić information content (AvgIpc) is 2.49. The van der Waals surface area contributed by atoms with Gasteiger partial charge in [0.15, 0.2) is 0 Å². The lowest BCUT2D eigenvalue weighted by Crippen LogP contribution is -2.44. The Labute approximate surface area is 99.0 Å². The summed E-state index contributed by atoms with van der Waals surface area (Å²) in [4.78, 5) is 2.14. The quantitative estimate of drug-likeness (QED) is 0.720. The second-order valence-electron chi connectivity index (χ2n) is 5.85. The Morgan fingerprint density at radius 2 is 2.12 bits per heavy atom. The topological polar surface area (TPSA) is 44.7 Å². The summed E-state index contributed by atoms with van der Waals surface area (Å²) in [5.74, 6) is 0. The van der Waals surface area contributed by atoms with Crippen molar-refractivity contribution < 1.29 is 9.84 Å². The Bertz CT molecular complexity index is 208. The molecule has 16 heavy (non-hydrogen) atoms. The first-order valence-corrected chi connectivity index (χ1v) is 6.06. The van der Waals surface area contributed by atoms with Crippen LogP contribution in [-0.2, 0) is 4.74 Å². The van der Waals surface area contributed by atoms with E-state index in [0.717, 1.165) is 19.5 Å². The number of β-amino-alcohol motifs (C(OH)–C–C–N with tert-alkyl or cyclic N) is 1. The molecular formula is C12H26N2O2. The molecule has 0 aromatic carbocycles. The Morgan fingerprint density at radius 1 is 1.44 bits per heavy atom. The van der Waals surface area contributed by atoms with Gasteiger partial charge in [0.25, 0.3) is 0 Å². The van der Waals surface area contributed by atoms with Crippen molar-refractivity contribution in [3.63, 3.8) is 0 Å². The van der Waals surface area contributed by atoms with Gasteiger partial charge in [-0.15, -0.1) is 0 Å². The fourth-order valence-corrected chi connectivity index (χ4v) is 1.95.